The molecule has 1 aromatic heterocycles. The number of aromatic nitrogens is 2. The molecule has 2 rings (SSSR count). The van der Waals surface area contributed by atoms with E-state index in [1.807, 2.05) is 36.7 Å². The summed E-state index contributed by atoms with van der Waals surface area (Å²) in [7, 11) is 0. The predicted octanol–water partition coefficient (Wildman–Crippen LogP) is 4.31. The Hall–Kier alpha value is -1.10. The van der Waals surface area contributed by atoms with Crippen LogP contribution in [0, 0.1) is 0 Å². The normalized spacial score (nSPS) is 11.6. The molecule has 0 amide bonds. The van der Waals surface area contributed by atoms with Crippen LogP contribution in [0.4, 0.5) is 0 Å². The summed E-state index contributed by atoms with van der Waals surface area (Å²) in [5.41, 5.74) is 1.20. The fraction of sp³-hybridized carbons (Fsp3) is 0.375. The summed E-state index contributed by atoms with van der Waals surface area (Å²) in [5, 5.41) is 4.18. The molecule has 1 N–H and O–H groups in total. The number of thioether (sulfide) groups is 1. The van der Waals surface area contributed by atoms with Gasteiger partial charge in [0, 0.05) is 40.0 Å². The van der Waals surface area contributed by atoms with Crippen molar-refractivity contribution in [3.05, 3.63) is 53.1 Å². The Labute approximate surface area is 135 Å². The molecule has 2 aromatic rings. The molecule has 112 valence electrons. The molecule has 3 nitrogen and oxygen atoms in total. The van der Waals surface area contributed by atoms with Gasteiger partial charge in [-0.05, 0) is 39.0 Å². The third-order valence-electron chi connectivity index (χ3n) is 2.75. The minimum atomic E-state index is 0.0983. The van der Waals surface area contributed by atoms with Crippen molar-refractivity contribution >= 4 is 23.4 Å². The number of nitrogens with zero attached hydrogens (tertiary/aromatic N) is 2. The lowest BCUT2D eigenvalue weighted by Crippen LogP contribution is -2.35. The van der Waals surface area contributed by atoms with Gasteiger partial charge in [0.2, 0.25) is 0 Å². The van der Waals surface area contributed by atoms with Crippen LogP contribution in [0.1, 0.15) is 32.2 Å². The highest BCUT2D eigenvalue weighted by Crippen LogP contribution is 2.23. The Morgan fingerprint density at radius 3 is 2.52 bits per heavy atom. The van der Waals surface area contributed by atoms with Crippen LogP contribution >= 0.6 is 23.4 Å². The third kappa shape index (κ3) is 6.04. The Bertz CT molecular complexity index is 579. The maximum absolute atomic E-state index is 5.97. The molecule has 0 saturated heterocycles. The number of nitrogens with one attached hydrogen (secondary N) is 1. The van der Waals surface area contributed by atoms with Crippen molar-refractivity contribution in [3.8, 4) is 0 Å². The second kappa shape index (κ2) is 7.25. The van der Waals surface area contributed by atoms with Crippen molar-refractivity contribution in [2.24, 2.45) is 0 Å². The molecule has 0 fully saturated rings. The number of benzene rings is 1. The van der Waals surface area contributed by atoms with E-state index in [2.05, 4.69) is 36.1 Å². The van der Waals surface area contributed by atoms with Gasteiger partial charge in [-0.1, -0.05) is 17.7 Å². The van der Waals surface area contributed by atoms with E-state index in [1.165, 1.54) is 0 Å². The SMILES string of the molecule is CC(C)(C)NCc1cnc(CSc2cccc(Cl)c2)nc1. The summed E-state index contributed by atoms with van der Waals surface area (Å²) in [6.45, 7) is 7.21. The molecule has 0 aliphatic rings. The number of halogens is 1. The molecule has 0 bridgehead atoms. The van der Waals surface area contributed by atoms with Crippen LogP contribution in [0.3, 0.4) is 0 Å². The van der Waals surface area contributed by atoms with Gasteiger partial charge in [-0.25, -0.2) is 9.97 Å². The molecule has 0 atom stereocenters. The van der Waals surface area contributed by atoms with Crippen LogP contribution in [0.25, 0.3) is 0 Å². The molecule has 1 heterocycles. The first-order chi connectivity index (χ1) is 9.92. The summed E-state index contributed by atoms with van der Waals surface area (Å²) in [6.07, 6.45) is 3.78. The monoisotopic (exact) mass is 321 g/mol. The first kappa shape index (κ1) is 16.3. The Kier molecular flexibility index (Phi) is 5.62. The molecular weight excluding hydrogens is 302 g/mol. The van der Waals surface area contributed by atoms with Gasteiger partial charge in [0.05, 0.1) is 5.75 Å². The molecule has 1 aromatic carbocycles. The van der Waals surface area contributed by atoms with Gasteiger partial charge in [-0.3, -0.25) is 0 Å². The highest BCUT2D eigenvalue weighted by molar-refractivity contribution is 7.98. The molecule has 21 heavy (non-hydrogen) atoms. The van der Waals surface area contributed by atoms with Gasteiger partial charge in [-0.2, -0.15) is 0 Å². The van der Waals surface area contributed by atoms with Crippen LogP contribution in [0.5, 0.6) is 0 Å². The van der Waals surface area contributed by atoms with E-state index < -0.39 is 0 Å². The lowest BCUT2D eigenvalue weighted by Gasteiger charge is -2.20. The van der Waals surface area contributed by atoms with Crippen LogP contribution in [0.2, 0.25) is 5.02 Å². The summed E-state index contributed by atoms with van der Waals surface area (Å²) >= 11 is 7.65. The van der Waals surface area contributed by atoms with Crippen LogP contribution < -0.4 is 5.32 Å². The lowest BCUT2D eigenvalue weighted by atomic mass is 10.1. The van der Waals surface area contributed by atoms with Gasteiger partial charge in [0.25, 0.3) is 0 Å². The number of rotatable bonds is 5. The van der Waals surface area contributed by atoms with Gasteiger partial charge in [0.15, 0.2) is 0 Å². The Morgan fingerprint density at radius 1 is 1.19 bits per heavy atom. The molecule has 0 spiro atoms. The maximum Gasteiger partial charge on any atom is 0.138 e. The Morgan fingerprint density at radius 2 is 1.90 bits per heavy atom. The minimum absolute atomic E-state index is 0.0983. The van der Waals surface area contributed by atoms with E-state index in [4.69, 9.17) is 11.6 Å². The fourth-order valence-electron chi connectivity index (χ4n) is 1.62. The van der Waals surface area contributed by atoms with E-state index >= 15 is 0 Å². The van der Waals surface area contributed by atoms with Gasteiger partial charge in [0.1, 0.15) is 5.82 Å². The molecular formula is C16H20ClN3S. The second-order valence-electron chi connectivity index (χ2n) is 5.86. The highest BCUT2D eigenvalue weighted by Gasteiger charge is 2.08. The number of hydrogen-bond donors (Lipinski definition) is 1. The number of hydrogen-bond acceptors (Lipinski definition) is 4. The van der Waals surface area contributed by atoms with Crippen molar-refractivity contribution < 1.29 is 0 Å². The van der Waals surface area contributed by atoms with Crippen molar-refractivity contribution in [1.82, 2.24) is 15.3 Å². The molecule has 5 heteroatoms. The van der Waals surface area contributed by atoms with Crippen molar-refractivity contribution in [3.63, 3.8) is 0 Å². The standard InChI is InChI=1S/C16H20ClN3S/c1-16(2,3)20-10-12-8-18-15(19-9-12)11-21-14-6-4-5-13(17)7-14/h4-9,20H,10-11H2,1-3H3. The van der Waals surface area contributed by atoms with E-state index in [1.54, 1.807) is 11.8 Å². The van der Waals surface area contributed by atoms with Gasteiger partial charge < -0.3 is 5.32 Å². The molecule has 0 radical (unpaired) electrons. The van der Waals surface area contributed by atoms with Crippen LogP contribution in [0.15, 0.2) is 41.6 Å². The largest absolute Gasteiger partial charge is 0.308 e. The molecule has 0 aliphatic heterocycles. The molecule has 0 unspecified atom stereocenters. The zero-order valence-electron chi connectivity index (χ0n) is 12.6. The third-order valence-corrected chi connectivity index (χ3v) is 3.97. The zero-order chi connectivity index (χ0) is 15.3. The minimum Gasteiger partial charge on any atom is -0.308 e. The summed E-state index contributed by atoms with van der Waals surface area (Å²) in [5.74, 6) is 1.58. The summed E-state index contributed by atoms with van der Waals surface area (Å²) < 4.78 is 0. The maximum atomic E-state index is 5.97. The van der Waals surface area contributed by atoms with Crippen molar-refractivity contribution in [1.29, 1.82) is 0 Å². The van der Waals surface area contributed by atoms with E-state index in [0.717, 1.165) is 33.6 Å². The first-order valence-electron chi connectivity index (χ1n) is 6.85. The second-order valence-corrected chi connectivity index (χ2v) is 7.34. The average molecular weight is 322 g/mol. The zero-order valence-corrected chi connectivity index (χ0v) is 14.1. The summed E-state index contributed by atoms with van der Waals surface area (Å²) in [4.78, 5) is 9.95. The Balaban J connectivity index is 1.87. The topological polar surface area (TPSA) is 37.8 Å². The van der Waals surface area contributed by atoms with Crippen molar-refractivity contribution in [2.45, 2.75) is 43.5 Å². The molecule has 0 saturated carbocycles. The lowest BCUT2D eigenvalue weighted by molar-refractivity contribution is 0.423. The van der Waals surface area contributed by atoms with Crippen LogP contribution in [-0.4, -0.2) is 15.5 Å². The van der Waals surface area contributed by atoms with Gasteiger partial charge >= 0.3 is 0 Å². The van der Waals surface area contributed by atoms with Crippen molar-refractivity contribution in [2.75, 3.05) is 0 Å². The quantitative estimate of drug-likeness (QED) is 0.833. The van der Waals surface area contributed by atoms with Crippen LogP contribution in [-0.2, 0) is 12.3 Å². The van der Waals surface area contributed by atoms with E-state index in [0.29, 0.717) is 0 Å². The first-order valence-corrected chi connectivity index (χ1v) is 8.22. The van der Waals surface area contributed by atoms with E-state index in [-0.39, 0.29) is 5.54 Å². The predicted molar refractivity (Wildman–Crippen MR) is 89.6 cm³/mol. The summed E-state index contributed by atoms with van der Waals surface area (Å²) in [6, 6.07) is 7.82. The average Bonchev–Trinajstić information content (AvgIpc) is 2.43. The smallest absolute Gasteiger partial charge is 0.138 e. The highest BCUT2D eigenvalue weighted by atomic mass is 35.5. The fourth-order valence-corrected chi connectivity index (χ4v) is 2.70. The van der Waals surface area contributed by atoms with E-state index in [9.17, 15) is 0 Å². The van der Waals surface area contributed by atoms with Gasteiger partial charge in [-0.15, -0.1) is 11.8 Å². The molecule has 0 aliphatic carbocycles.